The maximum Gasteiger partial charge on any atom is 0.416 e. The summed E-state index contributed by atoms with van der Waals surface area (Å²) in [6, 6.07) is 4.22. The van der Waals surface area contributed by atoms with Crippen LogP contribution in [0.4, 0.5) is 13.2 Å². The molecular weight excluding hydrogens is 381 g/mol. The highest BCUT2D eigenvalue weighted by atomic mass is 19.4. The number of nitrogens with one attached hydrogen (secondary N) is 1. The Morgan fingerprint density at radius 1 is 1.21 bits per heavy atom. The van der Waals surface area contributed by atoms with Crippen LogP contribution < -0.4 is 5.32 Å². The standard InChI is InChI=1S/C18H19F3N2O5/c1-17(2)7-12(24)14(15(27)22-8-13(25)26)16(28)23(17)9-10-3-5-11(6-4-10)18(19,20)21/h3-6,14H,7-9H2,1-2H3,(H,22,27)(H,25,26). The van der Waals surface area contributed by atoms with Gasteiger partial charge in [0.25, 0.3) is 0 Å². The number of alkyl halides is 3. The minimum absolute atomic E-state index is 0.0973. The summed E-state index contributed by atoms with van der Waals surface area (Å²) in [5.74, 6) is -5.47. The Hall–Kier alpha value is -2.91. The van der Waals surface area contributed by atoms with Gasteiger partial charge in [0.15, 0.2) is 11.7 Å². The van der Waals surface area contributed by atoms with Crippen molar-refractivity contribution in [3.05, 3.63) is 35.4 Å². The van der Waals surface area contributed by atoms with Crippen molar-refractivity contribution in [2.45, 2.75) is 38.5 Å². The molecule has 0 radical (unpaired) electrons. The number of rotatable bonds is 5. The van der Waals surface area contributed by atoms with Crippen LogP contribution in [0.2, 0.25) is 0 Å². The number of ketones is 1. The summed E-state index contributed by atoms with van der Waals surface area (Å²) in [6.45, 7) is 2.38. The molecule has 10 heteroatoms. The van der Waals surface area contributed by atoms with Gasteiger partial charge in [-0.15, -0.1) is 0 Å². The van der Waals surface area contributed by atoms with Gasteiger partial charge in [0.05, 0.1) is 5.56 Å². The maximum atomic E-state index is 12.8. The number of carbonyl (C=O) groups is 4. The molecular formula is C18H19F3N2O5. The first-order valence-electron chi connectivity index (χ1n) is 8.33. The van der Waals surface area contributed by atoms with Gasteiger partial charge in [-0.25, -0.2) is 0 Å². The number of nitrogens with zero attached hydrogens (tertiary/aromatic N) is 1. The van der Waals surface area contributed by atoms with E-state index in [1.807, 2.05) is 5.32 Å². The summed E-state index contributed by atoms with van der Waals surface area (Å²) >= 11 is 0. The van der Waals surface area contributed by atoms with E-state index in [9.17, 15) is 32.3 Å². The molecule has 1 fully saturated rings. The molecule has 2 amide bonds. The molecule has 0 spiro atoms. The molecule has 28 heavy (non-hydrogen) atoms. The van der Waals surface area contributed by atoms with Gasteiger partial charge in [0.1, 0.15) is 6.54 Å². The van der Waals surface area contributed by atoms with E-state index in [-0.39, 0.29) is 13.0 Å². The van der Waals surface area contributed by atoms with E-state index in [0.29, 0.717) is 5.56 Å². The lowest BCUT2D eigenvalue weighted by molar-refractivity contribution is -0.158. The van der Waals surface area contributed by atoms with Crippen molar-refractivity contribution < 1.29 is 37.5 Å². The van der Waals surface area contributed by atoms with Crippen LogP contribution in [0.3, 0.4) is 0 Å². The van der Waals surface area contributed by atoms with Crippen LogP contribution in [0.5, 0.6) is 0 Å². The van der Waals surface area contributed by atoms with Crippen molar-refractivity contribution in [2.24, 2.45) is 5.92 Å². The van der Waals surface area contributed by atoms with Gasteiger partial charge < -0.3 is 15.3 Å². The highest BCUT2D eigenvalue weighted by Crippen LogP contribution is 2.32. The predicted octanol–water partition coefficient (Wildman–Crippen LogP) is 1.60. The molecule has 1 aliphatic heterocycles. The van der Waals surface area contributed by atoms with Gasteiger partial charge >= 0.3 is 12.1 Å². The molecule has 152 valence electrons. The van der Waals surface area contributed by atoms with Crippen LogP contribution in [-0.4, -0.2) is 45.7 Å². The van der Waals surface area contributed by atoms with E-state index in [1.54, 1.807) is 13.8 Å². The zero-order chi connectivity index (χ0) is 21.3. The van der Waals surface area contributed by atoms with Gasteiger partial charge in [-0.05, 0) is 31.5 Å². The molecule has 1 unspecified atom stereocenters. The van der Waals surface area contributed by atoms with Crippen LogP contribution in [0.25, 0.3) is 0 Å². The molecule has 1 aromatic carbocycles. The molecule has 1 saturated heterocycles. The molecule has 0 bridgehead atoms. The van der Waals surface area contributed by atoms with Crippen LogP contribution in [0, 0.1) is 5.92 Å². The average Bonchev–Trinajstić information content (AvgIpc) is 2.55. The number of Topliss-reactive ketones (excluding diaryl/α,β-unsaturated/α-hetero) is 1. The summed E-state index contributed by atoms with van der Waals surface area (Å²) in [5.41, 5.74) is -1.39. The number of benzene rings is 1. The molecule has 0 aliphatic carbocycles. The van der Waals surface area contributed by atoms with E-state index < -0.39 is 53.3 Å². The quantitative estimate of drug-likeness (QED) is 0.731. The van der Waals surface area contributed by atoms with Crippen LogP contribution in [0.1, 0.15) is 31.4 Å². The Balaban J connectivity index is 2.23. The maximum absolute atomic E-state index is 12.8. The summed E-state index contributed by atoms with van der Waals surface area (Å²) < 4.78 is 38.1. The number of likely N-dealkylation sites (tertiary alicyclic amines) is 1. The SMILES string of the molecule is CC1(C)CC(=O)C(C(=O)NCC(=O)O)C(=O)N1Cc1ccc(C(F)(F)F)cc1. The first-order valence-corrected chi connectivity index (χ1v) is 8.33. The Morgan fingerprint density at radius 3 is 2.29 bits per heavy atom. The number of halogens is 3. The minimum Gasteiger partial charge on any atom is -0.480 e. The minimum atomic E-state index is -4.49. The largest absolute Gasteiger partial charge is 0.480 e. The fourth-order valence-corrected chi connectivity index (χ4v) is 3.01. The molecule has 0 saturated carbocycles. The third kappa shape index (κ3) is 4.68. The normalized spacial score (nSPS) is 19.5. The number of carboxylic acid groups (broad SMARTS) is 1. The van der Waals surface area contributed by atoms with Gasteiger partial charge in [0.2, 0.25) is 11.8 Å². The monoisotopic (exact) mass is 400 g/mol. The number of hydrogen-bond acceptors (Lipinski definition) is 4. The zero-order valence-corrected chi connectivity index (χ0v) is 15.2. The summed E-state index contributed by atoms with van der Waals surface area (Å²) in [4.78, 5) is 49.0. The molecule has 7 nitrogen and oxygen atoms in total. The van der Waals surface area contributed by atoms with E-state index in [2.05, 4.69) is 0 Å². The second-order valence-corrected chi connectivity index (χ2v) is 7.12. The summed E-state index contributed by atoms with van der Waals surface area (Å²) in [7, 11) is 0. The lowest BCUT2D eigenvalue weighted by atomic mass is 9.82. The Bertz CT molecular complexity index is 802. The third-order valence-corrected chi connectivity index (χ3v) is 4.47. The third-order valence-electron chi connectivity index (χ3n) is 4.47. The van der Waals surface area contributed by atoms with Crippen molar-refractivity contribution in [3.63, 3.8) is 0 Å². The van der Waals surface area contributed by atoms with Crippen LogP contribution in [-0.2, 0) is 31.9 Å². The first kappa shape index (κ1) is 21.4. The number of carbonyl (C=O) groups excluding carboxylic acids is 3. The number of carboxylic acids is 1. The smallest absolute Gasteiger partial charge is 0.416 e. The van der Waals surface area contributed by atoms with Crippen molar-refractivity contribution in [1.82, 2.24) is 10.2 Å². The molecule has 2 rings (SSSR count). The molecule has 1 aliphatic rings. The Kier molecular flexibility index (Phi) is 5.81. The van der Waals surface area contributed by atoms with Gasteiger partial charge in [-0.3, -0.25) is 19.2 Å². The number of hydrogen-bond donors (Lipinski definition) is 2. The second-order valence-electron chi connectivity index (χ2n) is 7.12. The predicted molar refractivity (Wildman–Crippen MR) is 89.8 cm³/mol. The van der Waals surface area contributed by atoms with Crippen molar-refractivity contribution in [1.29, 1.82) is 0 Å². The molecule has 1 heterocycles. The summed E-state index contributed by atoms with van der Waals surface area (Å²) in [6.07, 6.45) is -4.64. The van der Waals surface area contributed by atoms with Gasteiger partial charge in [-0.1, -0.05) is 12.1 Å². The van der Waals surface area contributed by atoms with Crippen molar-refractivity contribution in [3.8, 4) is 0 Å². The van der Waals surface area contributed by atoms with E-state index >= 15 is 0 Å². The van der Waals surface area contributed by atoms with E-state index in [4.69, 9.17) is 5.11 Å². The van der Waals surface area contributed by atoms with Crippen molar-refractivity contribution in [2.75, 3.05) is 6.54 Å². The second kappa shape index (κ2) is 7.61. The summed E-state index contributed by atoms with van der Waals surface area (Å²) in [5, 5.41) is 10.6. The highest BCUT2D eigenvalue weighted by Gasteiger charge is 2.48. The zero-order valence-electron chi connectivity index (χ0n) is 15.2. The van der Waals surface area contributed by atoms with Gasteiger partial charge in [-0.2, -0.15) is 13.2 Å². The molecule has 0 aromatic heterocycles. The van der Waals surface area contributed by atoms with Crippen LogP contribution in [0.15, 0.2) is 24.3 Å². The van der Waals surface area contributed by atoms with Gasteiger partial charge in [0, 0.05) is 18.5 Å². The van der Waals surface area contributed by atoms with Crippen LogP contribution >= 0.6 is 0 Å². The Morgan fingerprint density at radius 2 is 1.79 bits per heavy atom. The Labute approximate surface area is 158 Å². The van der Waals surface area contributed by atoms with Crippen molar-refractivity contribution >= 4 is 23.6 Å². The molecule has 1 aromatic rings. The number of piperidine rings is 1. The lowest BCUT2D eigenvalue weighted by Gasteiger charge is -2.44. The number of amides is 2. The van der Waals surface area contributed by atoms with E-state index in [1.165, 1.54) is 17.0 Å². The topological polar surface area (TPSA) is 104 Å². The number of aliphatic carboxylic acids is 1. The lowest BCUT2D eigenvalue weighted by Crippen LogP contribution is -2.60. The molecule has 2 N–H and O–H groups in total. The molecule has 1 atom stereocenters. The highest BCUT2D eigenvalue weighted by molar-refractivity contribution is 6.20. The average molecular weight is 400 g/mol. The van der Waals surface area contributed by atoms with E-state index in [0.717, 1.165) is 12.1 Å². The first-order chi connectivity index (χ1) is 12.8. The fourth-order valence-electron chi connectivity index (χ4n) is 3.01. The fraction of sp³-hybridized carbons (Fsp3) is 0.444.